The Balaban J connectivity index is 1.74. The summed E-state index contributed by atoms with van der Waals surface area (Å²) in [4.78, 5) is 125. The number of unbranched alkanes of at least 4 members (excludes halogenated alkanes) is 1. The van der Waals surface area contributed by atoms with Gasteiger partial charge in [0.05, 0.1) is 32.7 Å². The number of aliphatic carboxylic acids is 6. The standard InChI is InChI=1S/C38H63N9O16/c48-29(39-10-2-1-3-27(36(59)60)42-38(63)43-28(37(61)62)8-9-31(50)51)20-41-35(58)26-6-4-25(5-7-26)19-40-30(49)21-44-11-13-45(22-32(52)53)15-17-47(24-34(56)57)18-16-46(14-12-44)23-33(54)55/h25-28H,1-24H2,(H,39,48)(H,40,49)(H,41,58)(H,50,51)(H,52,53)(H,54,55)(H,56,57)(H,59,60)(H,61,62)(H2,42,43,63)/t25?,26?,27-,28-/m0/s1. The molecule has 356 valence electrons. The summed E-state index contributed by atoms with van der Waals surface area (Å²) in [6.07, 6.45) is 2.01. The lowest BCUT2D eigenvalue weighted by atomic mass is 9.81. The second-order valence-electron chi connectivity index (χ2n) is 15.7. The summed E-state index contributed by atoms with van der Waals surface area (Å²) in [5.74, 6) is -8.49. The molecular weight excluding hydrogens is 838 g/mol. The SMILES string of the molecule is O=C(O)CC[C@H](NC(=O)N[C@@H](CCCCNC(=O)CNC(=O)C1CCC(CNC(=O)CN2CCN(CC(=O)O)CCN(CC(=O)O)CCN(CC(=O)O)CC2)CC1)C(=O)O)C(=O)O. The van der Waals surface area contributed by atoms with Crippen LogP contribution in [0, 0.1) is 11.8 Å². The van der Waals surface area contributed by atoms with E-state index >= 15 is 0 Å². The Morgan fingerprint density at radius 2 is 0.937 bits per heavy atom. The number of hydrogen-bond acceptors (Lipinski definition) is 14. The van der Waals surface area contributed by atoms with Gasteiger partial charge in [-0.3, -0.25) is 53.2 Å². The van der Waals surface area contributed by atoms with Gasteiger partial charge in [0.15, 0.2) is 0 Å². The maximum atomic E-state index is 13.1. The van der Waals surface area contributed by atoms with E-state index in [1.54, 1.807) is 14.7 Å². The van der Waals surface area contributed by atoms with Crippen LogP contribution in [0.4, 0.5) is 4.79 Å². The molecule has 0 spiro atoms. The summed E-state index contributed by atoms with van der Waals surface area (Å²) < 4.78 is 0. The van der Waals surface area contributed by atoms with Gasteiger partial charge in [-0.1, -0.05) is 0 Å². The van der Waals surface area contributed by atoms with Gasteiger partial charge in [-0.05, 0) is 57.3 Å². The summed E-state index contributed by atoms with van der Waals surface area (Å²) in [5, 5.41) is 68.0. The van der Waals surface area contributed by atoms with Crippen molar-refractivity contribution in [2.24, 2.45) is 11.8 Å². The maximum absolute atomic E-state index is 13.1. The fourth-order valence-electron chi connectivity index (χ4n) is 7.15. The lowest BCUT2D eigenvalue weighted by Crippen LogP contribution is -2.51. The first-order valence-corrected chi connectivity index (χ1v) is 20.9. The van der Waals surface area contributed by atoms with Crippen molar-refractivity contribution in [2.45, 2.75) is 69.9 Å². The number of hydrogen-bond donors (Lipinski definition) is 11. The van der Waals surface area contributed by atoms with Gasteiger partial charge in [0.25, 0.3) is 0 Å². The first kappa shape index (κ1) is 53.5. The molecule has 1 aliphatic heterocycles. The molecule has 2 rings (SSSR count). The highest BCUT2D eigenvalue weighted by Gasteiger charge is 2.28. The number of carboxylic acid groups (broad SMARTS) is 6. The van der Waals surface area contributed by atoms with Crippen LogP contribution >= 0.6 is 0 Å². The third kappa shape index (κ3) is 24.0. The van der Waals surface area contributed by atoms with E-state index in [1.165, 1.54) is 0 Å². The quantitative estimate of drug-likeness (QED) is 0.0403. The zero-order valence-electron chi connectivity index (χ0n) is 35.3. The number of rotatable bonds is 25. The average Bonchev–Trinajstić information content (AvgIpc) is 3.20. The Labute approximate surface area is 363 Å². The van der Waals surface area contributed by atoms with Crippen LogP contribution in [-0.4, -0.2) is 220 Å². The minimum absolute atomic E-state index is 0.0130. The van der Waals surface area contributed by atoms with Gasteiger partial charge in [-0.25, -0.2) is 14.4 Å². The molecular formula is C38H63N9O16. The Bertz CT molecular complexity index is 1550. The number of nitrogens with one attached hydrogen (secondary N) is 5. The number of carbonyl (C=O) groups excluding carboxylic acids is 4. The summed E-state index contributed by atoms with van der Waals surface area (Å²) >= 11 is 0. The van der Waals surface area contributed by atoms with Crippen molar-refractivity contribution in [3.63, 3.8) is 0 Å². The van der Waals surface area contributed by atoms with Crippen molar-refractivity contribution in [3.8, 4) is 0 Å². The molecule has 0 aromatic heterocycles. The van der Waals surface area contributed by atoms with E-state index in [-0.39, 0.29) is 115 Å². The first-order chi connectivity index (χ1) is 29.8. The fraction of sp³-hybridized carbons (Fsp3) is 0.737. The minimum atomic E-state index is -1.53. The molecule has 0 radical (unpaired) electrons. The molecule has 2 aliphatic rings. The Hall–Kier alpha value is -5.66. The molecule has 1 aliphatic carbocycles. The highest BCUT2D eigenvalue weighted by Crippen LogP contribution is 2.28. The Morgan fingerprint density at radius 1 is 0.492 bits per heavy atom. The molecule has 0 bridgehead atoms. The van der Waals surface area contributed by atoms with Gasteiger partial charge in [-0.15, -0.1) is 0 Å². The Morgan fingerprint density at radius 3 is 1.37 bits per heavy atom. The third-order valence-corrected chi connectivity index (χ3v) is 10.7. The Kier molecular flexibility index (Phi) is 24.5. The van der Waals surface area contributed by atoms with E-state index in [0.29, 0.717) is 51.7 Å². The van der Waals surface area contributed by atoms with Crippen molar-refractivity contribution in [2.75, 3.05) is 98.2 Å². The fourth-order valence-corrected chi connectivity index (χ4v) is 7.15. The molecule has 25 nitrogen and oxygen atoms in total. The van der Waals surface area contributed by atoms with Gasteiger partial charge in [-0.2, -0.15) is 0 Å². The summed E-state index contributed by atoms with van der Waals surface area (Å²) in [6, 6.07) is -3.99. The molecule has 25 heteroatoms. The second kappa shape index (κ2) is 28.8. The molecule has 2 atom stereocenters. The van der Waals surface area contributed by atoms with Gasteiger partial charge in [0, 0.05) is 77.8 Å². The largest absolute Gasteiger partial charge is 0.481 e. The number of carbonyl (C=O) groups is 10. The van der Waals surface area contributed by atoms with Crippen molar-refractivity contribution in [1.82, 2.24) is 46.2 Å². The van der Waals surface area contributed by atoms with Gasteiger partial charge < -0.3 is 57.2 Å². The summed E-state index contributed by atoms with van der Waals surface area (Å²) in [7, 11) is 0. The average molecular weight is 902 g/mol. The molecule has 0 aromatic carbocycles. The van der Waals surface area contributed by atoms with Gasteiger partial charge in [0.1, 0.15) is 12.1 Å². The van der Waals surface area contributed by atoms with Crippen LogP contribution in [0.1, 0.15) is 57.8 Å². The smallest absolute Gasteiger partial charge is 0.326 e. The molecule has 63 heavy (non-hydrogen) atoms. The summed E-state index contributed by atoms with van der Waals surface area (Å²) in [6.45, 7) is 1.64. The van der Waals surface area contributed by atoms with Crippen LogP contribution in [-0.2, 0) is 43.2 Å². The molecule has 5 amide bonds. The zero-order valence-corrected chi connectivity index (χ0v) is 35.3. The van der Waals surface area contributed by atoms with Crippen molar-refractivity contribution in [3.05, 3.63) is 0 Å². The van der Waals surface area contributed by atoms with Gasteiger partial charge >= 0.3 is 41.8 Å². The second-order valence-corrected chi connectivity index (χ2v) is 15.7. The van der Waals surface area contributed by atoms with Crippen LogP contribution in [0.25, 0.3) is 0 Å². The first-order valence-electron chi connectivity index (χ1n) is 20.9. The topological polar surface area (TPSA) is 365 Å². The molecule has 0 aromatic rings. The summed E-state index contributed by atoms with van der Waals surface area (Å²) in [5.41, 5.74) is 0. The number of urea groups is 1. The van der Waals surface area contributed by atoms with Crippen LogP contribution in [0.15, 0.2) is 0 Å². The van der Waals surface area contributed by atoms with Crippen LogP contribution in [0.3, 0.4) is 0 Å². The van der Waals surface area contributed by atoms with E-state index in [0.717, 1.165) is 0 Å². The highest BCUT2D eigenvalue weighted by atomic mass is 16.4. The zero-order chi connectivity index (χ0) is 46.9. The number of nitrogens with zero attached hydrogens (tertiary/aromatic N) is 4. The lowest BCUT2D eigenvalue weighted by Gasteiger charge is -2.33. The van der Waals surface area contributed by atoms with Crippen LogP contribution in [0.5, 0.6) is 0 Å². The predicted octanol–water partition coefficient (Wildman–Crippen LogP) is -3.14. The van der Waals surface area contributed by atoms with E-state index in [9.17, 15) is 73.5 Å². The third-order valence-electron chi connectivity index (χ3n) is 10.7. The predicted molar refractivity (Wildman–Crippen MR) is 218 cm³/mol. The molecule has 2 fully saturated rings. The molecule has 1 heterocycles. The van der Waals surface area contributed by atoms with Gasteiger partial charge in [0.2, 0.25) is 17.7 Å². The molecule has 1 saturated carbocycles. The lowest BCUT2D eigenvalue weighted by molar-refractivity contribution is -0.141. The van der Waals surface area contributed by atoms with E-state index < -0.39 is 72.7 Å². The highest BCUT2D eigenvalue weighted by molar-refractivity contribution is 5.87. The number of carboxylic acids is 6. The van der Waals surface area contributed by atoms with Crippen molar-refractivity contribution < 1.29 is 78.6 Å². The molecule has 11 N–H and O–H groups in total. The van der Waals surface area contributed by atoms with Crippen LogP contribution < -0.4 is 26.6 Å². The monoisotopic (exact) mass is 901 g/mol. The maximum Gasteiger partial charge on any atom is 0.326 e. The number of amides is 5. The van der Waals surface area contributed by atoms with Crippen molar-refractivity contribution in [1.29, 1.82) is 0 Å². The van der Waals surface area contributed by atoms with E-state index in [2.05, 4.69) is 21.3 Å². The molecule has 0 unspecified atom stereocenters. The minimum Gasteiger partial charge on any atom is -0.481 e. The van der Waals surface area contributed by atoms with Crippen molar-refractivity contribution >= 4 is 59.6 Å². The molecule has 1 saturated heterocycles. The van der Waals surface area contributed by atoms with E-state index in [4.69, 9.17) is 5.11 Å². The normalized spacial score (nSPS) is 19.4. The van der Waals surface area contributed by atoms with E-state index in [1.807, 2.05) is 10.2 Å². The van der Waals surface area contributed by atoms with Crippen LogP contribution in [0.2, 0.25) is 0 Å².